The first-order chi connectivity index (χ1) is 11.1. The Balaban J connectivity index is 1.82. The Labute approximate surface area is 129 Å². The lowest BCUT2D eigenvalue weighted by Gasteiger charge is -2.08. The molecule has 0 bridgehead atoms. The lowest BCUT2D eigenvalue weighted by Crippen LogP contribution is -2.08. The van der Waals surface area contributed by atoms with Crippen molar-refractivity contribution in [2.24, 2.45) is 7.05 Å². The fourth-order valence-electron chi connectivity index (χ4n) is 2.50. The van der Waals surface area contributed by atoms with Gasteiger partial charge >= 0.3 is 5.76 Å². The number of nitrogens with one attached hydrogen (secondary N) is 1. The molecule has 23 heavy (non-hydrogen) atoms. The Morgan fingerprint density at radius 3 is 2.96 bits per heavy atom. The molecule has 0 aliphatic heterocycles. The molecule has 0 atom stereocenters. The second-order valence-corrected chi connectivity index (χ2v) is 5.09. The van der Waals surface area contributed by atoms with Crippen molar-refractivity contribution in [2.45, 2.75) is 0 Å². The summed E-state index contributed by atoms with van der Waals surface area (Å²) in [6.07, 6.45) is 1.30. The minimum Gasteiger partial charge on any atom is -0.408 e. The summed E-state index contributed by atoms with van der Waals surface area (Å²) < 4.78 is 20.4. The van der Waals surface area contributed by atoms with Gasteiger partial charge in [-0.3, -0.25) is 4.57 Å². The number of benzene rings is 2. The number of fused-ring (bicyclic) bond motifs is 2. The predicted molar refractivity (Wildman–Crippen MR) is 84.2 cm³/mol. The summed E-state index contributed by atoms with van der Waals surface area (Å²) in [5, 5.41) is 3.68. The Morgan fingerprint density at radius 2 is 2.09 bits per heavy atom. The zero-order valence-corrected chi connectivity index (χ0v) is 12.1. The van der Waals surface area contributed by atoms with E-state index in [1.54, 1.807) is 37.4 Å². The van der Waals surface area contributed by atoms with Crippen molar-refractivity contribution in [3.05, 3.63) is 59.1 Å². The van der Waals surface area contributed by atoms with Gasteiger partial charge in [-0.05, 0) is 24.3 Å². The lowest BCUT2D eigenvalue weighted by atomic mass is 10.2. The fourth-order valence-corrected chi connectivity index (χ4v) is 2.50. The van der Waals surface area contributed by atoms with E-state index in [-0.39, 0.29) is 5.52 Å². The van der Waals surface area contributed by atoms with Crippen molar-refractivity contribution in [1.82, 2.24) is 14.5 Å². The van der Waals surface area contributed by atoms with Crippen molar-refractivity contribution in [1.29, 1.82) is 0 Å². The van der Waals surface area contributed by atoms with Crippen molar-refractivity contribution in [2.75, 3.05) is 5.32 Å². The first kappa shape index (κ1) is 13.4. The maximum Gasteiger partial charge on any atom is 0.419 e. The molecule has 0 amide bonds. The van der Waals surface area contributed by atoms with Gasteiger partial charge in [-0.25, -0.2) is 19.2 Å². The molecule has 0 unspecified atom stereocenters. The van der Waals surface area contributed by atoms with E-state index in [1.165, 1.54) is 17.0 Å². The van der Waals surface area contributed by atoms with Crippen LogP contribution in [-0.2, 0) is 7.05 Å². The summed E-state index contributed by atoms with van der Waals surface area (Å²) in [4.78, 5) is 19.7. The number of hydrogen-bond donors (Lipinski definition) is 1. The third-order valence-electron chi connectivity index (χ3n) is 3.67. The number of nitrogens with zero attached hydrogens (tertiary/aromatic N) is 3. The van der Waals surface area contributed by atoms with Crippen LogP contribution < -0.4 is 11.1 Å². The highest BCUT2D eigenvalue weighted by atomic mass is 19.1. The van der Waals surface area contributed by atoms with Gasteiger partial charge in [0.05, 0.1) is 5.52 Å². The summed E-state index contributed by atoms with van der Waals surface area (Å²) >= 11 is 0. The van der Waals surface area contributed by atoms with E-state index >= 15 is 0 Å². The zero-order chi connectivity index (χ0) is 16.0. The van der Waals surface area contributed by atoms with Gasteiger partial charge < -0.3 is 9.73 Å². The highest BCUT2D eigenvalue weighted by molar-refractivity contribution is 5.91. The van der Waals surface area contributed by atoms with E-state index in [0.29, 0.717) is 28.0 Å². The van der Waals surface area contributed by atoms with Gasteiger partial charge in [0.25, 0.3) is 0 Å². The summed E-state index contributed by atoms with van der Waals surface area (Å²) in [5.74, 6) is -0.351. The first-order valence-corrected chi connectivity index (χ1v) is 6.89. The highest BCUT2D eigenvalue weighted by Gasteiger charge is 2.10. The van der Waals surface area contributed by atoms with Crippen LogP contribution in [0, 0.1) is 5.82 Å². The Hall–Kier alpha value is -3.22. The van der Waals surface area contributed by atoms with Crippen molar-refractivity contribution in [3.63, 3.8) is 0 Å². The maximum atomic E-state index is 13.8. The molecular weight excluding hydrogens is 299 g/mol. The summed E-state index contributed by atoms with van der Waals surface area (Å²) in [6.45, 7) is 0. The van der Waals surface area contributed by atoms with Gasteiger partial charge in [0, 0.05) is 24.2 Å². The molecule has 0 saturated carbocycles. The Morgan fingerprint density at radius 1 is 1.22 bits per heavy atom. The number of rotatable bonds is 2. The number of oxazole rings is 1. The number of halogens is 1. The average Bonchev–Trinajstić information content (AvgIpc) is 2.83. The van der Waals surface area contributed by atoms with Crippen LogP contribution in [0.4, 0.5) is 15.9 Å². The van der Waals surface area contributed by atoms with E-state index in [4.69, 9.17) is 4.42 Å². The van der Waals surface area contributed by atoms with Crippen LogP contribution in [-0.4, -0.2) is 14.5 Å². The molecule has 1 N–H and O–H groups in total. The van der Waals surface area contributed by atoms with Crippen LogP contribution >= 0.6 is 0 Å². The minimum absolute atomic E-state index is 0.248. The summed E-state index contributed by atoms with van der Waals surface area (Å²) in [6, 6.07) is 9.96. The quantitative estimate of drug-likeness (QED) is 0.616. The molecule has 114 valence electrons. The smallest absolute Gasteiger partial charge is 0.408 e. The molecule has 0 radical (unpaired) electrons. The molecule has 4 rings (SSSR count). The van der Waals surface area contributed by atoms with Gasteiger partial charge in [-0.1, -0.05) is 6.07 Å². The Kier molecular flexibility index (Phi) is 2.87. The third-order valence-corrected chi connectivity index (χ3v) is 3.67. The van der Waals surface area contributed by atoms with Gasteiger partial charge in [-0.15, -0.1) is 0 Å². The molecule has 0 fully saturated rings. The molecule has 2 heterocycles. The maximum absolute atomic E-state index is 13.8. The summed E-state index contributed by atoms with van der Waals surface area (Å²) in [7, 11) is 1.64. The summed E-state index contributed by atoms with van der Waals surface area (Å²) in [5.41, 5.74) is 2.08. The second kappa shape index (κ2) is 4.91. The number of aryl methyl sites for hydroxylation is 1. The minimum atomic E-state index is -0.424. The van der Waals surface area contributed by atoms with Gasteiger partial charge in [-0.2, -0.15) is 0 Å². The van der Waals surface area contributed by atoms with Crippen LogP contribution in [0.5, 0.6) is 0 Å². The second-order valence-electron chi connectivity index (χ2n) is 5.09. The Bertz CT molecular complexity index is 1100. The lowest BCUT2D eigenvalue weighted by molar-refractivity contribution is 0.528. The molecule has 7 heteroatoms. The van der Waals surface area contributed by atoms with Gasteiger partial charge in [0.15, 0.2) is 5.58 Å². The monoisotopic (exact) mass is 310 g/mol. The van der Waals surface area contributed by atoms with Crippen LogP contribution in [0.3, 0.4) is 0 Å². The average molecular weight is 310 g/mol. The molecule has 2 aromatic heterocycles. The normalized spacial score (nSPS) is 11.2. The van der Waals surface area contributed by atoms with Crippen molar-refractivity contribution < 1.29 is 8.81 Å². The molecule has 0 aliphatic rings. The number of para-hydroxylation sites is 1. The number of hydrogen-bond acceptors (Lipinski definition) is 5. The zero-order valence-electron chi connectivity index (χ0n) is 12.1. The molecule has 2 aromatic carbocycles. The predicted octanol–water partition coefficient (Wildman–Crippen LogP) is 2.96. The standard InChI is InChI=1S/C16H11FN4O2/c1-21-12-6-5-9(7-13(12)23-16(21)22)20-15-10-3-2-4-11(17)14(10)18-8-19-15/h2-8H,1H3,(H,18,19,20). The molecular formula is C16H11FN4O2. The molecule has 0 saturated heterocycles. The SMILES string of the molecule is Cn1c(=O)oc2cc(Nc3ncnc4c(F)cccc34)ccc21. The molecule has 6 nitrogen and oxygen atoms in total. The van der Waals surface area contributed by atoms with Crippen LogP contribution in [0.25, 0.3) is 22.0 Å². The third kappa shape index (κ3) is 2.13. The van der Waals surface area contributed by atoms with E-state index in [9.17, 15) is 9.18 Å². The molecule has 4 aromatic rings. The van der Waals surface area contributed by atoms with E-state index < -0.39 is 11.6 Å². The van der Waals surface area contributed by atoms with Crippen LogP contribution in [0.15, 0.2) is 51.9 Å². The van der Waals surface area contributed by atoms with Crippen molar-refractivity contribution >= 4 is 33.5 Å². The molecule has 0 aliphatic carbocycles. The molecule has 0 spiro atoms. The number of aromatic nitrogens is 3. The van der Waals surface area contributed by atoms with Crippen molar-refractivity contribution in [3.8, 4) is 0 Å². The van der Waals surface area contributed by atoms with Gasteiger partial charge in [0.2, 0.25) is 0 Å². The largest absolute Gasteiger partial charge is 0.419 e. The number of anilines is 2. The fraction of sp³-hybridized carbons (Fsp3) is 0.0625. The van der Waals surface area contributed by atoms with Crippen LogP contribution in [0.1, 0.15) is 0 Å². The van der Waals surface area contributed by atoms with E-state index in [1.807, 2.05) is 0 Å². The topological polar surface area (TPSA) is 73.0 Å². The van der Waals surface area contributed by atoms with E-state index in [2.05, 4.69) is 15.3 Å². The van der Waals surface area contributed by atoms with E-state index in [0.717, 1.165) is 0 Å². The van der Waals surface area contributed by atoms with Gasteiger partial charge in [0.1, 0.15) is 23.5 Å². The highest BCUT2D eigenvalue weighted by Crippen LogP contribution is 2.26. The van der Waals surface area contributed by atoms with Crippen LogP contribution in [0.2, 0.25) is 0 Å². The first-order valence-electron chi connectivity index (χ1n) is 6.89.